The molecule has 0 aromatic carbocycles. The monoisotopic (exact) mass is 250 g/mol. The van der Waals surface area contributed by atoms with Crippen molar-refractivity contribution in [2.45, 2.75) is 26.3 Å². The normalized spacial score (nSPS) is 10.7. The largest absolute Gasteiger partial charge is 0.394 e. The third kappa shape index (κ3) is 2.61. The van der Waals surface area contributed by atoms with Gasteiger partial charge in [0, 0.05) is 13.6 Å². The molecule has 0 radical (unpaired) electrons. The number of nitrogens with two attached hydrogens (primary N) is 1. The van der Waals surface area contributed by atoms with Crippen LogP contribution < -0.4 is 11.1 Å². The summed E-state index contributed by atoms with van der Waals surface area (Å²) < 4.78 is 1.83. The van der Waals surface area contributed by atoms with Crippen LogP contribution in [0.4, 0.5) is 11.5 Å². The van der Waals surface area contributed by atoms with Gasteiger partial charge >= 0.3 is 0 Å². The Balaban J connectivity index is 2.10. The van der Waals surface area contributed by atoms with Gasteiger partial charge in [-0.25, -0.2) is 0 Å². The van der Waals surface area contributed by atoms with E-state index in [-0.39, 0.29) is 0 Å². The van der Waals surface area contributed by atoms with Crippen molar-refractivity contribution in [3.8, 4) is 0 Å². The lowest BCUT2D eigenvalue weighted by Crippen LogP contribution is -2.05. The highest BCUT2D eigenvalue weighted by Crippen LogP contribution is 2.23. The lowest BCUT2D eigenvalue weighted by Gasteiger charge is -2.06. The van der Waals surface area contributed by atoms with E-state index in [1.54, 1.807) is 11.3 Å². The zero-order valence-corrected chi connectivity index (χ0v) is 11.0. The first-order valence-corrected chi connectivity index (χ1v) is 6.73. The van der Waals surface area contributed by atoms with Gasteiger partial charge in [-0.2, -0.15) is 16.4 Å². The first-order chi connectivity index (χ1) is 8.22. The van der Waals surface area contributed by atoms with E-state index in [4.69, 9.17) is 5.73 Å². The molecule has 17 heavy (non-hydrogen) atoms. The highest BCUT2D eigenvalue weighted by atomic mass is 32.1. The molecule has 0 aliphatic rings. The van der Waals surface area contributed by atoms with E-state index >= 15 is 0 Å². The third-order valence-electron chi connectivity index (χ3n) is 2.69. The molecule has 0 aliphatic heterocycles. The van der Waals surface area contributed by atoms with E-state index in [9.17, 15) is 0 Å². The molecule has 5 heteroatoms. The minimum Gasteiger partial charge on any atom is -0.394 e. The number of hydrogen-bond acceptors (Lipinski definition) is 4. The van der Waals surface area contributed by atoms with Gasteiger partial charge in [-0.1, -0.05) is 13.3 Å². The Kier molecular flexibility index (Phi) is 3.68. The molecule has 2 rings (SSSR count). The number of anilines is 2. The Morgan fingerprint density at radius 3 is 3.00 bits per heavy atom. The van der Waals surface area contributed by atoms with Crippen molar-refractivity contribution in [2.24, 2.45) is 7.05 Å². The average molecular weight is 250 g/mol. The van der Waals surface area contributed by atoms with Gasteiger partial charge in [-0.15, -0.1) is 0 Å². The van der Waals surface area contributed by atoms with Crippen LogP contribution in [0.2, 0.25) is 0 Å². The summed E-state index contributed by atoms with van der Waals surface area (Å²) >= 11 is 1.70. The Bertz CT molecular complexity index is 473. The fourth-order valence-electron chi connectivity index (χ4n) is 1.81. The summed E-state index contributed by atoms with van der Waals surface area (Å²) in [6, 6.07) is 2.11. The molecule has 92 valence electrons. The first kappa shape index (κ1) is 12.0. The lowest BCUT2D eigenvalue weighted by atomic mass is 10.2. The van der Waals surface area contributed by atoms with Crippen LogP contribution in [0.5, 0.6) is 0 Å². The fraction of sp³-hybridized carbons (Fsp3) is 0.417. The molecule has 0 amide bonds. The molecule has 2 aromatic heterocycles. The maximum atomic E-state index is 6.09. The molecule has 2 heterocycles. The third-order valence-corrected chi connectivity index (χ3v) is 3.42. The van der Waals surface area contributed by atoms with Crippen molar-refractivity contribution < 1.29 is 0 Å². The van der Waals surface area contributed by atoms with Crippen molar-refractivity contribution in [1.29, 1.82) is 0 Å². The molecule has 0 unspecified atom stereocenters. The highest BCUT2D eigenvalue weighted by Gasteiger charge is 2.11. The fourth-order valence-corrected chi connectivity index (χ4v) is 2.47. The van der Waals surface area contributed by atoms with Crippen molar-refractivity contribution in [2.75, 3.05) is 11.1 Å². The van der Waals surface area contributed by atoms with Crippen molar-refractivity contribution >= 4 is 22.8 Å². The topological polar surface area (TPSA) is 55.9 Å². The number of nitrogens with one attached hydrogen (secondary N) is 1. The summed E-state index contributed by atoms with van der Waals surface area (Å²) in [6.07, 6.45) is 1.99. The second-order valence-corrected chi connectivity index (χ2v) is 4.85. The van der Waals surface area contributed by atoms with E-state index in [1.165, 1.54) is 5.56 Å². The standard InChI is InChI=1S/C12H18N4S/c1-3-4-10-11(13)12(16(2)15-10)14-7-9-5-6-17-8-9/h5-6,8,14H,3-4,7,13H2,1-2H3. The van der Waals surface area contributed by atoms with Crippen LogP contribution in [0.3, 0.4) is 0 Å². The van der Waals surface area contributed by atoms with Gasteiger partial charge in [-0.05, 0) is 28.8 Å². The predicted octanol–water partition coefficient (Wildman–Crippen LogP) is 2.63. The van der Waals surface area contributed by atoms with Gasteiger partial charge in [-0.3, -0.25) is 4.68 Å². The summed E-state index contributed by atoms with van der Waals surface area (Å²) in [4.78, 5) is 0. The smallest absolute Gasteiger partial charge is 0.148 e. The molecule has 0 saturated carbocycles. The van der Waals surface area contributed by atoms with Crippen LogP contribution in [-0.4, -0.2) is 9.78 Å². The highest BCUT2D eigenvalue weighted by molar-refractivity contribution is 7.07. The summed E-state index contributed by atoms with van der Waals surface area (Å²) in [5, 5.41) is 12.0. The van der Waals surface area contributed by atoms with Crippen LogP contribution in [0.1, 0.15) is 24.6 Å². The molecule has 0 aliphatic carbocycles. The Morgan fingerprint density at radius 1 is 1.53 bits per heavy atom. The number of aryl methyl sites for hydroxylation is 2. The number of hydrogen-bond donors (Lipinski definition) is 2. The molecule has 3 N–H and O–H groups in total. The van der Waals surface area contributed by atoms with Gasteiger partial charge in [0.1, 0.15) is 5.82 Å². The zero-order valence-electron chi connectivity index (χ0n) is 10.2. The van der Waals surface area contributed by atoms with Crippen molar-refractivity contribution in [3.05, 3.63) is 28.1 Å². The average Bonchev–Trinajstić information content (AvgIpc) is 2.88. The number of thiophene rings is 1. The van der Waals surface area contributed by atoms with Gasteiger partial charge in [0.2, 0.25) is 0 Å². The van der Waals surface area contributed by atoms with E-state index in [1.807, 2.05) is 11.7 Å². The zero-order chi connectivity index (χ0) is 12.3. The molecule has 0 bridgehead atoms. The van der Waals surface area contributed by atoms with Crippen molar-refractivity contribution in [1.82, 2.24) is 9.78 Å². The number of nitrogen functional groups attached to an aromatic ring is 1. The summed E-state index contributed by atoms with van der Waals surface area (Å²) in [5.41, 5.74) is 9.13. The minimum atomic E-state index is 0.782. The molecule has 0 spiro atoms. The van der Waals surface area contributed by atoms with E-state index in [0.717, 1.165) is 36.6 Å². The van der Waals surface area contributed by atoms with Crippen LogP contribution in [-0.2, 0) is 20.0 Å². The summed E-state index contributed by atoms with van der Waals surface area (Å²) in [7, 11) is 1.92. The molecular formula is C12H18N4S. The first-order valence-electron chi connectivity index (χ1n) is 5.78. The van der Waals surface area contributed by atoms with Crippen LogP contribution in [0, 0.1) is 0 Å². The van der Waals surface area contributed by atoms with Gasteiger partial charge in [0.15, 0.2) is 0 Å². The summed E-state index contributed by atoms with van der Waals surface area (Å²) in [6.45, 7) is 2.92. The van der Waals surface area contributed by atoms with Crippen LogP contribution in [0.15, 0.2) is 16.8 Å². The second-order valence-electron chi connectivity index (χ2n) is 4.07. The Morgan fingerprint density at radius 2 is 2.35 bits per heavy atom. The number of rotatable bonds is 5. The maximum Gasteiger partial charge on any atom is 0.148 e. The molecule has 0 fully saturated rings. The molecule has 4 nitrogen and oxygen atoms in total. The molecule has 0 atom stereocenters. The Labute approximate surface area is 105 Å². The summed E-state index contributed by atoms with van der Waals surface area (Å²) in [5.74, 6) is 0.916. The lowest BCUT2D eigenvalue weighted by molar-refractivity contribution is 0.735. The Hall–Kier alpha value is -1.49. The predicted molar refractivity (Wildman–Crippen MR) is 73.3 cm³/mol. The molecule has 0 saturated heterocycles. The van der Waals surface area contributed by atoms with Gasteiger partial charge in [0.25, 0.3) is 0 Å². The van der Waals surface area contributed by atoms with Gasteiger partial charge < -0.3 is 11.1 Å². The van der Waals surface area contributed by atoms with Crippen molar-refractivity contribution in [3.63, 3.8) is 0 Å². The van der Waals surface area contributed by atoms with Gasteiger partial charge in [0.05, 0.1) is 11.4 Å². The maximum absolute atomic E-state index is 6.09. The molecular weight excluding hydrogens is 232 g/mol. The quantitative estimate of drug-likeness (QED) is 0.857. The number of aromatic nitrogens is 2. The SMILES string of the molecule is CCCc1nn(C)c(NCc2ccsc2)c1N. The number of nitrogens with zero attached hydrogens (tertiary/aromatic N) is 2. The van der Waals surface area contributed by atoms with Crippen LogP contribution in [0.25, 0.3) is 0 Å². The van der Waals surface area contributed by atoms with E-state index < -0.39 is 0 Å². The molecule has 2 aromatic rings. The second kappa shape index (κ2) is 5.23. The van der Waals surface area contributed by atoms with E-state index in [2.05, 4.69) is 34.2 Å². The van der Waals surface area contributed by atoms with Crippen LogP contribution >= 0.6 is 11.3 Å². The minimum absolute atomic E-state index is 0.782. The van der Waals surface area contributed by atoms with E-state index in [0.29, 0.717) is 0 Å².